The molecular weight excluding hydrogens is 252 g/mol. The Kier molecular flexibility index (Phi) is 3.14. The highest BCUT2D eigenvalue weighted by Gasteiger charge is 2.26. The van der Waals surface area contributed by atoms with E-state index >= 15 is 0 Å². The van der Waals surface area contributed by atoms with Crippen LogP contribution in [-0.4, -0.2) is 11.5 Å². The molecule has 2 aromatic rings. The molecule has 0 amide bonds. The van der Waals surface area contributed by atoms with Gasteiger partial charge in [0.15, 0.2) is 0 Å². The first kappa shape index (κ1) is 12.7. The van der Waals surface area contributed by atoms with Crippen LogP contribution in [0.5, 0.6) is 0 Å². The van der Waals surface area contributed by atoms with Crippen molar-refractivity contribution in [2.75, 3.05) is 11.9 Å². The van der Waals surface area contributed by atoms with E-state index in [4.69, 9.17) is 0 Å². The van der Waals surface area contributed by atoms with Gasteiger partial charge >= 0.3 is 0 Å². The van der Waals surface area contributed by atoms with Crippen molar-refractivity contribution in [2.45, 2.75) is 19.3 Å². The zero-order valence-corrected chi connectivity index (χ0v) is 11.3. The lowest BCUT2D eigenvalue weighted by molar-refractivity contribution is -0.384. The van der Waals surface area contributed by atoms with Gasteiger partial charge in [-0.25, -0.2) is 0 Å². The Bertz CT molecular complexity index is 667. The topological polar surface area (TPSA) is 55.2 Å². The molecule has 0 saturated heterocycles. The molecule has 102 valence electrons. The Morgan fingerprint density at radius 3 is 2.80 bits per heavy atom. The number of nitro benzene ring substituents is 1. The molecule has 1 atom stereocenters. The summed E-state index contributed by atoms with van der Waals surface area (Å²) in [5, 5.41) is 14.3. The molecule has 1 aliphatic carbocycles. The Morgan fingerprint density at radius 2 is 2.05 bits per heavy atom. The fraction of sp³-hybridized carbons (Fsp3) is 0.250. The van der Waals surface area contributed by atoms with Crippen LogP contribution >= 0.6 is 0 Å². The summed E-state index contributed by atoms with van der Waals surface area (Å²) in [5.74, 6) is 0.449. The maximum absolute atomic E-state index is 11.1. The molecule has 0 saturated carbocycles. The van der Waals surface area contributed by atoms with Crippen LogP contribution in [0.15, 0.2) is 42.5 Å². The number of hydrogen-bond acceptors (Lipinski definition) is 3. The Labute approximate surface area is 117 Å². The lowest BCUT2D eigenvalue weighted by atomic mass is 9.77. The summed E-state index contributed by atoms with van der Waals surface area (Å²) in [7, 11) is 0. The van der Waals surface area contributed by atoms with Gasteiger partial charge < -0.3 is 5.32 Å². The minimum atomic E-state index is -0.329. The minimum absolute atomic E-state index is 0.151. The van der Waals surface area contributed by atoms with Crippen LogP contribution in [0, 0.1) is 17.0 Å². The van der Waals surface area contributed by atoms with Gasteiger partial charge in [0.2, 0.25) is 0 Å². The van der Waals surface area contributed by atoms with E-state index in [0.717, 1.165) is 18.5 Å². The first-order valence-corrected chi connectivity index (χ1v) is 6.72. The Hall–Kier alpha value is -2.36. The number of rotatable bonds is 4. The van der Waals surface area contributed by atoms with Crippen LogP contribution in [0.1, 0.15) is 22.6 Å². The van der Waals surface area contributed by atoms with E-state index in [0.29, 0.717) is 11.6 Å². The van der Waals surface area contributed by atoms with Crippen molar-refractivity contribution in [1.82, 2.24) is 0 Å². The zero-order valence-electron chi connectivity index (χ0n) is 11.3. The van der Waals surface area contributed by atoms with Crippen molar-refractivity contribution in [3.05, 3.63) is 69.3 Å². The lowest BCUT2D eigenvalue weighted by Gasteiger charge is -2.30. The van der Waals surface area contributed by atoms with Crippen molar-refractivity contribution in [3.8, 4) is 0 Å². The summed E-state index contributed by atoms with van der Waals surface area (Å²) >= 11 is 0. The number of fused-ring (bicyclic) bond motifs is 1. The summed E-state index contributed by atoms with van der Waals surface area (Å²) in [4.78, 5) is 10.7. The number of nitrogens with zero attached hydrogens (tertiary/aromatic N) is 1. The first-order valence-electron chi connectivity index (χ1n) is 6.72. The molecule has 2 aromatic carbocycles. The number of nitrogens with one attached hydrogen (secondary N) is 1. The second-order valence-corrected chi connectivity index (χ2v) is 5.21. The third kappa shape index (κ3) is 2.13. The van der Waals surface area contributed by atoms with E-state index in [-0.39, 0.29) is 10.6 Å². The molecule has 0 spiro atoms. The van der Waals surface area contributed by atoms with Crippen molar-refractivity contribution in [3.63, 3.8) is 0 Å². The van der Waals surface area contributed by atoms with Crippen LogP contribution in [0.25, 0.3) is 0 Å². The highest BCUT2D eigenvalue weighted by molar-refractivity contribution is 5.66. The van der Waals surface area contributed by atoms with E-state index < -0.39 is 0 Å². The molecule has 0 radical (unpaired) electrons. The molecule has 1 unspecified atom stereocenters. The maximum atomic E-state index is 11.1. The summed E-state index contributed by atoms with van der Waals surface area (Å²) in [6, 6.07) is 13.5. The van der Waals surface area contributed by atoms with Crippen molar-refractivity contribution in [2.24, 2.45) is 0 Å². The van der Waals surface area contributed by atoms with Gasteiger partial charge in [0, 0.05) is 18.5 Å². The zero-order chi connectivity index (χ0) is 14.1. The highest BCUT2D eigenvalue weighted by atomic mass is 16.6. The maximum Gasteiger partial charge on any atom is 0.292 e. The van der Waals surface area contributed by atoms with Crippen LogP contribution < -0.4 is 5.32 Å². The normalized spacial score (nSPS) is 16.1. The van der Waals surface area contributed by atoms with Crippen molar-refractivity contribution < 1.29 is 4.92 Å². The summed E-state index contributed by atoms with van der Waals surface area (Å²) in [6.07, 6.45) is 1.04. The van der Waals surface area contributed by atoms with Gasteiger partial charge in [-0.1, -0.05) is 36.4 Å². The van der Waals surface area contributed by atoms with Crippen LogP contribution in [-0.2, 0) is 6.42 Å². The van der Waals surface area contributed by atoms with Crippen LogP contribution in [0.4, 0.5) is 11.4 Å². The molecule has 20 heavy (non-hydrogen) atoms. The van der Waals surface area contributed by atoms with E-state index in [9.17, 15) is 10.1 Å². The Balaban J connectivity index is 1.76. The molecule has 0 fully saturated rings. The lowest BCUT2D eigenvalue weighted by Crippen LogP contribution is -2.24. The molecule has 4 nitrogen and oxygen atoms in total. The summed E-state index contributed by atoms with van der Waals surface area (Å²) in [6.45, 7) is 2.63. The van der Waals surface area contributed by atoms with Gasteiger partial charge in [-0.05, 0) is 30.0 Å². The van der Waals surface area contributed by atoms with Crippen molar-refractivity contribution >= 4 is 11.4 Å². The van der Waals surface area contributed by atoms with Gasteiger partial charge in [-0.3, -0.25) is 10.1 Å². The van der Waals surface area contributed by atoms with Crippen LogP contribution in [0.2, 0.25) is 0 Å². The molecule has 0 aliphatic heterocycles. The highest BCUT2D eigenvalue weighted by Crippen LogP contribution is 2.36. The molecule has 3 rings (SSSR count). The fourth-order valence-corrected chi connectivity index (χ4v) is 2.80. The van der Waals surface area contributed by atoms with Gasteiger partial charge in [0.25, 0.3) is 5.69 Å². The standard InChI is InChI=1S/C16H16N2O2/c1-11-5-4-8-15(18(19)20)16(11)17-10-13-9-12-6-2-3-7-14(12)13/h2-8,13,17H,9-10H2,1H3. The van der Waals surface area contributed by atoms with E-state index in [1.807, 2.05) is 19.1 Å². The van der Waals surface area contributed by atoms with Crippen molar-refractivity contribution in [1.29, 1.82) is 0 Å². The van der Waals surface area contributed by atoms with E-state index in [2.05, 4.69) is 23.5 Å². The molecule has 4 heteroatoms. The third-order valence-electron chi connectivity index (χ3n) is 3.93. The average molecular weight is 268 g/mol. The second kappa shape index (κ2) is 4.96. The van der Waals surface area contributed by atoms with Gasteiger partial charge in [0.1, 0.15) is 5.69 Å². The first-order chi connectivity index (χ1) is 9.66. The van der Waals surface area contributed by atoms with Gasteiger partial charge in [-0.2, -0.15) is 0 Å². The van der Waals surface area contributed by atoms with Crippen LogP contribution in [0.3, 0.4) is 0 Å². The largest absolute Gasteiger partial charge is 0.379 e. The monoisotopic (exact) mass is 268 g/mol. The average Bonchev–Trinajstić information content (AvgIpc) is 2.41. The molecule has 1 N–H and O–H groups in total. The number of anilines is 1. The third-order valence-corrected chi connectivity index (χ3v) is 3.93. The van der Waals surface area contributed by atoms with Gasteiger partial charge in [-0.15, -0.1) is 0 Å². The summed E-state index contributed by atoms with van der Waals surface area (Å²) in [5.41, 5.74) is 4.45. The molecule has 0 heterocycles. The number of benzene rings is 2. The molecular formula is C16H16N2O2. The number of nitro groups is 1. The SMILES string of the molecule is Cc1cccc([N+](=O)[O-])c1NCC1Cc2ccccc21. The van der Waals surface area contributed by atoms with E-state index in [1.165, 1.54) is 11.1 Å². The smallest absolute Gasteiger partial charge is 0.292 e. The second-order valence-electron chi connectivity index (χ2n) is 5.21. The van der Waals surface area contributed by atoms with Gasteiger partial charge in [0.05, 0.1) is 4.92 Å². The van der Waals surface area contributed by atoms with E-state index in [1.54, 1.807) is 12.1 Å². The molecule has 0 bridgehead atoms. The predicted octanol–water partition coefficient (Wildman–Crippen LogP) is 3.66. The molecule has 0 aromatic heterocycles. The number of para-hydroxylation sites is 1. The number of hydrogen-bond donors (Lipinski definition) is 1. The number of aryl methyl sites for hydroxylation is 1. The summed E-state index contributed by atoms with van der Waals surface area (Å²) < 4.78 is 0. The Morgan fingerprint density at radius 1 is 1.25 bits per heavy atom. The quantitative estimate of drug-likeness (QED) is 0.680. The predicted molar refractivity (Wildman–Crippen MR) is 79.2 cm³/mol. The minimum Gasteiger partial charge on any atom is -0.379 e. The fourth-order valence-electron chi connectivity index (χ4n) is 2.80. The molecule has 1 aliphatic rings.